The standard InChI is InChI=1S/C12H19NO/c1-2-5-10-7-8-11-6-3-4-9-13(11)12(10)14/h2,10-11H,1,3-9H2/t10-,11-/m0/s1. The largest absolute Gasteiger partial charge is 0.339 e. The van der Waals surface area contributed by atoms with E-state index in [1.165, 1.54) is 25.7 Å². The van der Waals surface area contributed by atoms with Crippen LogP contribution in [0.4, 0.5) is 0 Å². The Kier molecular flexibility index (Phi) is 2.90. The van der Waals surface area contributed by atoms with Crippen LogP contribution in [0.2, 0.25) is 0 Å². The normalized spacial score (nSPS) is 32.6. The van der Waals surface area contributed by atoms with Crippen molar-refractivity contribution < 1.29 is 4.79 Å². The first-order valence-corrected chi connectivity index (χ1v) is 5.74. The summed E-state index contributed by atoms with van der Waals surface area (Å²) < 4.78 is 0. The maximum atomic E-state index is 12.0. The first-order chi connectivity index (χ1) is 6.83. The van der Waals surface area contributed by atoms with E-state index in [0.717, 1.165) is 19.4 Å². The maximum Gasteiger partial charge on any atom is 0.226 e. The molecule has 1 amide bonds. The van der Waals surface area contributed by atoms with Gasteiger partial charge in [0.2, 0.25) is 5.91 Å². The van der Waals surface area contributed by atoms with E-state index >= 15 is 0 Å². The quantitative estimate of drug-likeness (QED) is 0.616. The van der Waals surface area contributed by atoms with E-state index in [0.29, 0.717) is 11.9 Å². The Bertz CT molecular complexity index is 236. The number of carbonyl (C=O) groups is 1. The molecule has 2 aliphatic heterocycles. The zero-order valence-electron chi connectivity index (χ0n) is 8.74. The van der Waals surface area contributed by atoms with Gasteiger partial charge in [-0.3, -0.25) is 4.79 Å². The number of amides is 1. The van der Waals surface area contributed by atoms with Gasteiger partial charge in [0.25, 0.3) is 0 Å². The van der Waals surface area contributed by atoms with E-state index in [9.17, 15) is 4.79 Å². The van der Waals surface area contributed by atoms with Crippen molar-refractivity contribution in [3.05, 3.63) is 12.7 Å². The topological polar surface area (TPSA) is 20.3 Å². The molecule has 0 aliphatic carbocycles. The zero-order valence-corrected chi connectivity index (χ0v) is 8.74. The minimum Gasteiger partial charge on any atom is -0.339 e. The molecule has 2 fully saturated rings. The summed E-state index contributed by atoms with van der Waals surface area (Å²) in [6, 6.07) is 0.567. The molecule has 0 radical (unpaired) electrons. The first-order valence-electron chi connectivity index (χ1n) is 5.74. The molecular weight excluding hydrogens is 174 g/mol. The van der Waals surface area contributed by atoms with Gasteiger partial charge < -0.3 is 4.90 Å². The Morgan fingerprint density at radius 1 is 1.36 bits per heavy atom. The van der Waals surface area contributed by atoms with Crippen molar-refractivity contribution in [3.8, 4) is 0 Å². The molecule has 2 heterocycles. The first kappa shape index (κ1) is 9.75. The van der Waals surface area contributed by atoms with E-state index in [-0.39, 0.29) is 5.92 Å². The number of piperidine rings is 2. The molecule has 2 aliphatic rings. The van der Waals surface area contributed by atoms with Crippen LogP contribution in [0.25, 0.3) is 0 Å². The van der Waals surface area contributed by atoms with Gasteiger partial charge in [-0.15, -0.1) is 6.58 Å². The van der Waals surface area contributed by atoms with Crippen LogP contribution in [0.5, 0.6) is 0 Å². The number of fused-ring (bicyclic) bond motifs is 1. The van der Waals surface area contributed by atoms with Crippen molar-refractivity contribution in [3.63, 3.8) is 0 Å². The minimum atomic E-state index is 0.238. The highest BCUT2D eigenvalue weighted by molar-refractivity contribution is 5.80. The van der Waals surface area contributed by atoms with Crippen molar-refractivity contribution in [2.45, 2.75) is 44.6 Å². The van der Waals surface area contributed by atoms with Crippen molar-refractivity contribution in [1.82, 2.24) is 4.90 Å². The van der Waals surface area contributed by atoms with E-state index in [1.807, 2.05) is 6.08 Å². The molecule has 0 aromatic carbocycles. The van der Waals surface area contributed by atoms with Gasteiger partial charge in [-0.05, 0) is 38.5 Å². The lowest BCUT2D eigenvalue weighted by Gasteiger charge is -2.42. The van der Waals surface area contributed by atoms with Gasteiger partial charge in [-0.1, -0.05) is 6.08 Å². The summed E-state index contributed by atoms with van der Waals surface area (Å²) in [5.74, 6) is 0.628. The van der Waals surface area contributed by atoms with E-state index in [2.05, 4.69) is 11.5 Å². The summed E-state index contributed by atoms with van der Waals surface area (Å²) in [6.45, 7) is 4.72. The van der Waals surface area contributed by atoms with Gasteiger partial charge in [0.1, 0.15) is 0 Å². The van der Waals surface area contributed by atoms with E-state index in [4.69, 9.17) is 0 Å². The third kappa shape index (κ3) is 1.70. The van der Waals surface area contributed by atoms with Crippen LogP contribution in [-0.4, -0.2) is 23.4 Å². The highest BCUT2D eigenvalue weighted by Gasteiger charge is 2.35. The molecule has 0 N–H and O–H groups in total. The molecule has 2 atom stereocenters. The molecule has 0 saturated carbocycles. The predicted molar refractivity (Wildman–Crippen MR) is 56.9 cm³/mol. The lowest BCUT2D eigenvalue weighted by molar-refractivity contribution is -0.143. The Morgan fingerprint density at radius 2 is 2.21 bits per heavy atom. The van der Waals surface area contributed by atoms with Crippen LogP contribution < -0.4 is 0 Å². The van der Waals surface area contributed by atoms with Crippen molar-refractivity contribution in [1.29, 1.82) is 0 Å². The summed E-state index contributed by atoms with van der Waals surface area (Å²) in [7, 11) is 0. The molecular formula is C12H19NO. The second-order valence-electron chi connectivity index (χ2n) is 4.48. The Morgan fingerprint density at radius 3 is 3.00 bits per heavy atom. The van der Waals surface area contributed by atoms with Crippen LogP contribution in [0, 0.1) is 5.92 Å². The fourth-order valence-corrected chi connectivity index (χ4v) is 2.76. The second-order valence-corrected chi connectivity index (χ2v) is 4.48. The minimum absolute atomic E-state index is 0.238. The lowest BCUT2D eigenvalue weighted by atomic mass is 9.85. The van der Waals surface area contributed by atoms with Crippen LogP contribution in [0.3, 0.4) is 0 Å². The lowest BCUT2D eigenvalue weighted by Crippen LogP contribution is -2.50. The molecule has 2 saturated heterocycles. The fraction of sp³-hybridized carbons (Fsp3) is 0.750. The summed E-state index contributed by atoms with van der Waals surface area (Å²) in [6.07, 6.45) is 8.77. The van der Waals surface area contributed by atoms with Gasteiger partial charge in [0.15, 0.2) is 0 Å². The predicted octanol–water partition coefficient (Wildman–Crippen LogP) is 2.35. The number of allylic oxidation sites excluding steroid dienone is 1. The van der Waals surface area contributed by atoms with Gasteiger partial charge in [-0.25, -0.2) is 0 Å². The molecule has 0 bridgehead atoms. The summed E-state index contributed by atoms with van der Waals surface area (Å²) in [5.41, 5.74) is 0. The molecule has 0 aromatic rings. The smallest absolute Gasteiger partial charge is 0.226 e. The van der Waals surface area contributed by atoms with Crippen LogP contribution >= 0.6 is 0 Å². The van der Waals surface area contributed by atoms with E-state index < -0.39 is 0 Å². The van der Waals surface area contributed by atoms with Crippen LogP contribution in [0.1, 0.15) is 38.5 Å². The third-order valence-corrected chi connectivity index (χ3v) is 3.56. The third-order valence-electron chi connectivity index (χ3n) is 3.56. The van der Waals surface area contributed by atoms with Crippen LogP contribution in [0.15, 0.2) is 12.7 Å². The highest BCUT2D eigenvalue weighted by Crippen LogP contribution is 2.31. The average molecular weight is 193 g/mol. The van der Waals surface area contributed by atoms with E-state index in [1.54, 1.807) is 0 Å². The fourth-order valence-electron chi connectivity index (χ4n) is 2.76. The number of hydrogen-bond donors (Lipinski definition) is 0. The molecule has 0 unspecified atom stereocenters. The maximum absolute atomic E-state index is 12.0. The monoisotopic (exact) mass is 193 g/mol. The molecule has 14 heavy (non-hydrogen) atoms. The SMILES string of the molecule is C=CC[C@H]1CC[C@@H]2CCCCN2C1=O. The number of carbonyl (C=O) groups excluding carboxylic acids is 1. The van der Waals surface area contributed by atoms with Crippen LogP contribution in [-0.2, 0) is 4.79 Å². The van der Waals surface area contributed by atoms with Gasteiger partial charge >= 0.3 is 0 Å². The van der Waals surface area contributed by atoms with Gasteiger partial charge in [0, 0.05) is 18.5 Å². The van der Waals surface area contributed by atoms with Gasteiger partial charge in [0.05, 0.1) is 0 Å². The van der Waals surface area contributed by atoms with Gasteiger partial charge in [-0.2, -0.15) is 0 Å². The summed E-state index contributed by atoms with van der Waals surface area (Å²) >= 11 is 0. The Labute approximate surface area is 86.0 Å². The summed E-state index contributed by atoms with van der Waals surface area (Å²) in [4.78, 5) is 14.2. The molecule has 2 heteroatoms. The van der Waals surface area contributed by atoms with Crippen molar-refractivity contribution >= 4 is 5.91 Å². The Hall–Kier alpha value is -0.790. The Balaban J connectivity index is 2.03. The van der Waals surface area contributed by atoms with Crippen molar-refractivity contribution in [2.24, 2.45) is 5.92 Å². The molecule has 2 nitrogen and oxygen atoms in total. The zero-order chi connectivity index (χ0) is 9.97. The molecule has 78 valence electrons. The average Bonchev–Trinajstić information content (AvgIpc) is 2.23. The summed E-state index contributed by atoms with van der Waals surface area (Å²) in [5, 5.41) is 0. The van der Waals surface area contributed by atoms with Crippen molar-refractivity contribution in [2.75, 3.05) is 6.54 Å². The molecule has 0 spiro atoms. The molecule has 0 aromatic heterocycles. The highest BCUT2D eigenvalue weighted by atomic mass is 16.2. The molecule has 2 rings (SSSR count). The number of hydrogen-bond acceptors (Lipinski definition) is 1. The second kappa shape index (κ2) is 4.16. The number of nitrogens with zero attached hydrogens (tertiary/aromatic N) is 1. The number of rotatable bonds is 2.